The molecule has 0 saturated carbocycles. The molecule has 5 nitrogen and oxygen atoms in total. The topological polar surface area (TPSA) is 59.3 Å². The van der Waals surface area contributed by atoms with Crippen LogP contribution in [-0.2, 0) is 6.42 Å². The lowest BCUT2D eigenvalue weighted by atomic mass is 10.0. The van der Waals surface area contributed by atoms with Crippen molar-refractivity contribution < 1.29 is 0 Å². The molecule has 0 saturated heterocycles. The zero-order valence-electron chi connectivity index (χ0n) is 13.2. The molecule has 0 aliphatic carbocycles. The van der Waals surface area contributed by atoms with E-state index in [0.717, 1.165) is 30.1 Å². The molecule has 116 valence electrons. The number of rotatable bonds is 7. The molecule has 0 fully saturated rings. The third kappa shape index (κ3) is 4.27. The van der Waals surface area contributed by atoms with Gasteiger partial charge in [0.15, 0.2) is 0 Å². The van der Waals surface area contributed by atoms with E-state index in [9.17, 15) is 4.79 Å². The van der Waals surface area contributed by atoms with Gasteiger partial charge in [-0.3, -0.25) is 4.79 Å². The summed E-state index contributed by atoms with van der Waals surface area (Å²) in [6.45, 7) is 8.68. The first kappa shape index (κ1) is 15.9. The van der Waals surface area contributed by atoms with Crippen LogP contribution in [-0.4, -0.2) is 20.6 Å². The molecule has 0 radical (unpaired) electrons. The Morgan fingerprint density at radius 2 is 2.10 bits per heavy atom. The van der Waals surface area contributed by atoms with Crippen LogP contribution in [0.15, 0.2) is 10.9 Å². The van der Waals surface area contributed by atoms with E-state index >= 15 is 0 Å². The molecule has 1 unspecified atom stereocenters. The Balaban J connectivity index is 2.15. The molecule has 2 aromatic heterocycles. The van der Waals surface area contributed by atoms with E-state index in [4.69, 9.17) is 0 Å². The predicted octanol–water partition coefficient (Wildman–Crippen LogP) is 3.34. The highest BCUT2D eigenvalue weighted by atomic mass is 32.1. The number of aryl methyl sites for hydroxylation is 1. The fraction of sp³-hybridized carbons (Fsp3) is 0.667. The van der Waals surface area contributed by atoms with Crippen LogP contribution in [0.4, 0.5) is 5.13 Å². The molecule has 0 bridgehead atoms. The molecule has 21 heavy (non-hydrogen) atoms. The van der Waals surface area contributed by atoms with Crippen molar-refractivity contribution in [3.63, 3.8) is 0 Å². The van der Waals surface area contributed by atoms with Crippen molar-refractivity contribution in [2.45, 2.75) is 59.4 Å². The van der Waals surface area contributed by atoms with Crippen molar-refractivity contribution in [1.29, 1.82) is 0 Å². The van der Waals surface area contributed by atoms with E-state index in [1.54, 1.807) is 6.07 Å². The van der Waals surface area contributed by atoms with E-state index in [-0.39, 0.29) is 5.56 Å². The maximum absolute atomic E-state index is 12.0. The summed E-state index contributed by atoms with van der Waals surface area (Å²) in [5.41, 5.74) is 0.758. The highest BCUT2D eigenvalue weighted by molar-refractivity contribution is 7.20. The molecule has 0 aliphatic heterocycles. The van der Waals surface area contributed by atoms with Gasteiger partial charge in [0, 0.05) is 17.8 Å². The fourth-order valence-corrected chi connectivity index (χ4v) is 3.10. The normalized spacial score (nSPS) is 13.0. The van der Waals surface area contributed by atoms with Gasteiger partial charge >= 0.3 is 0 Å². The summed E-state index contributed by atoms with van der Waals surface area (Å²) in [5, 5.41) is 8.47. The number of fused-ring (bicyclic) bond motifs is 1. The first-order chi connectivity index (χ1) is 9.99. The lowest BCUT2D eigenvalue weighted by Gasteiger charge is -2.13. The minimum atomic E-state index is -0.0948. The van der Waals surface area contributed by atoms with Crippen LogP contribution >= 0.6 is 11.3 Å². The van der Waals surface area contributed by atoms with E-state index in [1.807, 2.05) is 0 Å². The fourth-order valence-electron chi connectivity index (χ4n) is 2.17. The van der Waals surface area contributed by atoms with E-state index in [1.165, 1.54) is 22.3 Å². The summed E-state index contributed by atoms with van der Waals surface area (Å²) >= 11 is 1.44. The molecular formula is C15H24N4OS. The Hall–Kier alpha value is -1.43. The summed E-state index contributed by atoms with van der Waals surface area (Å²) in [6, 6.07) is 1.93. The van der Waals surface area contributed by atoms with Crippen LogP contribution < -0.4 is 10.9 Å². The van der Waals surface area contributed by atoms with Crippen molar-refractivity contribution >= 4 is 21.4 Å². The zero-order chi connectivity index (χ0) is 15.4. The Morgan fingerprint density at radius 3 is 2.76 bits per heavy atom. The smallest absolute Gasteiger partial charge is 0.275 e. The van der Waals surface area contributed by atoms with Crippen LogP contribution in [0, 0.1) is 5.92 Å². The quantitative estimate of drug-likeness (QED) is 0.852. The van der Waals surface area contributed by atoms with Crippen LogP contribution in [0.25, 0.3) is 4.96 Å². The molecule has 2 heterocycles. The minimum Gasteiger partial charge on any atom is -0.358 e. The van der Waals surface area contributed by atoms with Gasteiger partial charge in [0.2, 0.25) is 10.1 Å². The maximum atomic E-state index is 12.0. The SMILES string of the molecule is CCCc1cc(=O)n2nc(NC(C)CCC(C)C)sc2n1. The van der Waals surface area contributed by atoms with Crippen molar-refractivity contribution in [3.8, 4) is 0 Å². The number of hydrogen-bond donors (Lipinski definition) is 1. The molecule has 0 amide bonds. The van der Waals surface area contributed by atoms with E-state index in [2.05, 4.69) is 43.1 Å². The summed E-state index contributed by atoms with van der Waals surface area (Å²) in [5.74, 6) is 0.700. The van der Waals surface area contributed by atoms with Gasteiger partial charge in [-0.1, -0.05) is 38.5 Å². The number of aromatic nitrogens is 3. The summed E-state index contributed by atoms with van der Waals surface area (Å²) in [4.78, 5) is 17.2. The molecule has 1 atom stereocenters. The van der Waals surface area contributed by atoms with Gasteiger partial charge in [-0.2, -0.15) is 4.52 Å². The molecule has 0 spiro atoms. The lowest BCUT2D eigenvalue weighted by molar-refractivity contribution is 0.527. The highest BCUT2D eigenvalue weighted by Crippen LogP contribution is 2.19. The molecule has 6 heteroatoms. The van der Waals surface area contributed by atoms with Crippen LogP contribution in [0.5, 0.6) is 0 Å². The molecule has 2 aromatic rings. The van der Waals surface area contributed by atoms with Gasteiger partial charge in [-0.15, -0.1) is 5.10 Å². The average Bonchev–Trinajstić information content (AvgIpc) is 2.80. The standard InChI is InChI=1S/C15H24N4OS/c1-5-6-12-9-13(20)19-15(17-12)21-14(18-19)16-11(4)8-7-10(2)3/h9-11H,5-8H2,1-4H3,(H,16,18). The third-order valence-electron chi connectivity index (χ3n) is 3.35. The van der Waals surface area contributed by atoms with Gasteiger partial charge in [-0.05, 0) is 32.1 Å². The van der Waals surface area contributed by atoms with Crippen LogP contribution in [0.2, 0.25) is 0 Å². The van der Waals surface area contributed by atoms with Gasteiger partial charge in [0.05, 0.1) is 0 Å². The van der Waals surface area contributed by atoms with Crippen molar-refractivity contribution in [2.75, 3.05) is 5.32 Å². The monoisotopic (exact) mass is 308 g/mol. The first-order valence-corrected chi connectivity index (χ1v) is 8.47. The number of nitrogens with one attached hydrogen (secondary N) is 1. The van der Waals surface area contributed by atoms with Gasteiger partial charge in [-0.25, -0.2) is 4.98 Å². The molecule has 0 aromatic carbocycles. The predicted molar refractivity (Wildman–Crippen MR) is 88.3 cm³/mol. The summed E-state index contributed by atoms with van der Waals surface area (Å²) < 4.78 is 1.39. The largest absolute Gasteiger partial charge is 0.358 e. The average molecular weight is 308 g/mol. The molecule has 0 aliphatic rings. The minimum absolute atomic E-state index is 0.0948. The second-order valence-corrected chi connectivity index (χ2v) is 6.91. The number of anilines is 1. The summed E-state index contributed by atoms with van der Waals surface area (Å²) in [6.07, 6.45) is 4.09. The maximum Gasteiger partial charge on any atom is 0.275 e. The van der Waals surface area contributed by atoms with Crippen molar-refractivity contribution in [1.82, 2.24) is 14.6 Å². The zero-order valence-corrected chi connectivity index (χ0v) is 14.0. The Labute approximate surface area is 129 Å². The van der Waals surface area contributed by atoms with Crippen LogP contribution in [0.3, 0.4) is 0 Å². The second-order valence-electron chi connectivity index (χ2n) is 5.95. The Bertz CT molecular complexity index is 647. The molecule has 2 rings (SSSR count). The van der Waals surface area contributed by atoms with Crippen molar-refractivity contribution in [2.24, 2.45) is 5.92 Å². The molecular weight excluding hydrogens is 284 g/mol. The first-order valence-electron chi connectivity index (χ1n) is 7.66. The summed E-state index contributed by atoms with van der Waals surface area (Å²) in [7, 11) is 0. The Kier molecular flexibility index (Phi) is 5.33. The molecule has 1 N–H and O–H groups in total. The number of hydrogen-bond acceptors (Lipinski definition) is 5. The van der Waals surface area contributed by atoms with Gasteiger partial charge < -0.3 is 5.32 Å². The van der Waals surface area contributed by atoms with Crippen LogP contribution in [0.1, 0.15) is 52.7 Å². The second kappa shape index (κ2) is 7.02. The van der Waals surface area contributed by atoms with Crippen molar-refractivity contribution in [3.05, 3.63) is 22.1 Å². The number of nitrogens with zero attached hydrogens (tertiary/aromatic N) is 3. The third-order valence-corrected chi connectivity index (χ3v) is 4.19. The van der Waals surface area contributed by atoms with E-state index < -0.39 is 0 Å². The van der Waals surface area contributed by atoms with E-state index in [0.29, 0.717) is 16.9 Å². The lowest BCUT2D eigenvalue weighted by Crippen LogP contribution is -2.18. The van der Waals surface area contributed by atoms with Gasteiger partial charge in [0.1, 0.15) is 0 Å². The highest BCUT2D eigenvalue weighted by Gasteiger charge is 2.11. The Morgan fingerprint density at radius 1 is 1.33 bits per heavy atom. The van der Waals surface area contributed by atoms with Gasteiger partial charge in [0.25, 0.3) is 5.56 Å².